The molecule has 1 aromatic carbocycles. The van der Waals surface area contributed by atoms with Crippen LogP contribution in [0.1, 0.15) is 17.4 Å². The summed E-state index contributed by atoms with van der Waals surface area (Å²) >= 11 is 1.73. The maximum atomic E-state index is 5.95. The van der Waals surface area contributed by atoms with E-state index in [0.29, 0.717) is 6.54 Å². The topological polar surface area (TPSA) is 45.7 Å². The van der Waals surface area contributed by atoms with Gasteiger partial charge < -0.3 is 15.4 Å². The van der Waals surface area contributed by atoms with Gasteiger partial charge in [0.05, 0.1) is 13.1 Å². The summed E-state index contributed by atoms with van der Waals surface area (Å²) in [6, 6.07) is 12.2. The molecule has 0 radical (unpaired) electrons. The quantitative estimate of drug-likeness (QED) is 0.404. The Kier molecular flexibility index (Phi) is 9.01. The summed E-state index contributed by atoms with van der Waals surface area (Å²) in [6.07, 6.45) is 0.0568. The first kappa shape index (κ1) is 19.8. The van der Waals surface area contributed by atoms with Gasteiger partial charge in [0.15, 0.2) is 5.96 Å². The number of hydrogen-bond acceptors (Lipinski definition) is 3. The molecule has 0 spiro atoms. The molecular weight excluding hydrogens is 421 g/mol. The first-order valence-corrected chi connectivity index (χ1v) is 8.26. The lowest BCUT2D eigenvalue weighted by molar-refractivity contribution is 0.222. The Morgan fingerprint density at radius 3 is 2.65 bits per heavy atom. The summed E-state index contributed by atoms with van der Waals surface area (Å²) < 4.78 is 5.95. The Bertz CT molecular complexity index is 602. The van der Waals surface area contributed by atoms with Crippen LogP contribution in [0.15, 0.2) is 46.8 Å². The lowest BCUT2D eigenvalue weighted by Gasteiger charge is -2.18. The molecule has 2 aromatic rings. The van der Waals surface area contributed by atoms with Gasteiger partial charge in [-0.3, -0.25) is 4.99 Å². The Balaban J connectivity index is 0.00000264. The van der Waals surface area contributed by atoms with Gasteiger partial charge in [0.1, 0.15) is 11.9 Å². The predicted octanol–water partition coefficient (Wildman–Crippen LogP) is 3.81. The molecule has 23 heavy (non-hydrogen) atoms. The maximum absolute atomic E-state index is 5.95. The number of thiophene rings is 1. The fourth-order valence-electron chi connectivity index (χ4n) is 1.99. The molecule has 1 heterocycles. The maximum Gasteiger partial charge on any atom is 0.191 e. The van der Waals surface area contributed by atoms with Gasteiger partial charge in [-0.1, -0.05) is 24.3 Å². The van der Waals surface area contributed by atoms with Crippen molar-refractivity contribution in [2.45, 2.75) is 26.5 Å². The second-order valence-electron chi connectivity index (χ2n) is 5.08. The zero-order chi connectivity index (χ0) is 15.8. The molecule has 6 heteroatoms. The molecule has 126 valence electrons. The van der Waals surface area contributed by atoms with Crippen molar-refractivity contribution in [1.82, 2.24) is 10.6 Å². The minimum atomic E-state index is 0. The summed E-state index contributed by atoms with van der Waals surface area (Å²) in [5.74, 6) is 1.71. The number of rotatable bonds is 6. The number of aliphatic imine (C=N–C) groups is 1. The highest BCUT2D eigenvalue weighted by molar-refractivity contribution is 14.0. The summed E-state index contributed by atoms with van der Waals surface area (Å²) in [7, 11) is 1.77. The van der Waals surface area contributed by atoms with E-state index >= 15 is 0 Å². The Hall–Kier alpha value is -1.28. The molecule has 1 unspecified atom stereocenters. The number of para-hydroxylation sites is 1. The molecule has 0 fully saturated rings. The lowest BCUT2D eigenvalue weighted by Crippen LogP contribution is -2.41. The van der Waals surface area contributed by atoms with E-state index < -0.39 is 0 Å². The van der Waals surface area contributed by atoms with Crippen molar-refractivity contribution in [3.8, 4) is 5.75 Å². The van der Waals surface area contributed by atoms with Gasteiger partial charge in [-0.25, -0.2) is 0 Å². The molecule has 2 N–H and O–H groups in total. The highest BCUT2D eigenvalue weighted by Gasteiger charge is 2.07. The molecule has 1 atom stereocenters. The minimum Gasteiger partial charge on any atom is -0.489 e. The second kappa shape index (κ2) is 10.5. The molecule has 4 nitrogen and oxygen atoms in total. The molecule has 0 bridgehead atoms. The Morgan fingerprint density at radius 1 is 1.22 bits per heavy atom. The van der Waals surface area contributed by atoms with Gasteiger partial charge in [0.25, 0.3) is 0 Å². The third kappa shape index (κ3) is 6.78. The molecular formula is C17H24IN3OS. The SMILES string of the molecule is CN=C(NCc1cccs1)NCC(C)Oc1ccccc1C.I. The normalized spacial score (nSPS) is 12.2. The third-order valence-corrected chi connectivity index (χ3v) is 4.09. The van der Waals surface area contributed by atoms with Crippen molar-refractivity contribution in [2.75, 3.05) is 13.6 Å². The van der Waals surface area contributed by atoms with Crippen LogP contribution < -0.4 is 15.4 Å². The smallest absolute Gasteiger partial charge is 0.191 e. The highest BCUT2D eigenvalue weighted by Crippen LogP contribution is 2.17. The van der Waals surface area contributed by atoms with Crippen LogP contribution in [0.5, 0.6) is 5.75 Å². The average Bonchev–Trinajstić information content (AvgIpc) is 3.03. The summed E-state index contributed by atoms with van der Waals surface area (Å²) in [4.78, 5) is 5.51. The van der Waals surface area contributed by atoms with Crippen molar-refractivity contribution in [3.63, 3.8) is 0 Å². The summed E-state index contributed by atoms with van der Waals surface area (Å²) in [6.45, 7) is 5.58. The van der Waals surface area contributed by atoms with Gasteiger partial charge in [0.2, 0.25) is 0 Å². The Morgan fingerprint density at radius 2 is 2.00 bits per heavy atom. The van der Waals surface area contributed by atoms with Gasteiger partial charge in [-0.05, 0) is 36.9 Å². The van der Waals surface area contributed by atoms with E-state index in [1.54, 1.807) is 18.4 Å². The van der Waals surface area contributed by atoms with Crippen molar-refractivity contribution in [1.29, 1.82) is 0 Å². The molecule has 0 amide bonds. The summed E-state index contributed by atoms with van der Waals surface area (Å²) in [5, 5.41) is 8.66. The fraction of sp³-hybridized carbons (Fsp3) is 0.353. The van der Waals surface area contributed by atoms with Crippen molar-refractivity contribution >= 4 is 41.3 Å². The molecule has 0 saturated carbocycles. The van der Waals surface area contributed by atoms with Gasteiger partial charge in [0, 0.05) is 11.9 Å². The number of halogens is 1. The van der Waals surface area contributed by atoms with E-state index in [-0.39, 0.29) is 30.1 Å². The standard InChI is InChI=1S/C17H23N3OS.HI/c1-13-7-4-5-9-16(13)21-14(2)11-19-17(18-3)20-12-15-8-6-10-22-15;/h4-10,14H,11-12H2,1-3H3,(H2,18,19,20);1H. The number of benzene rings is 1. The monoisotopic (exact) mass is 445 g/mol. The molecule has 0 aliphatic carbocycles. The zero-order valence-electron chi connectivity index (χ0n) is 13.7. The van der Waals surface area contributed by atoms with Gasteiger partial charge in [-0.15, -0.1) is 35.3 Å². The van der Waals surface area contributed by atoms with Crippen molar-refractivity contribution < 1.29 is 4.74 Å². The third-order valence-electron chi connectivity index (χ3n) is 3.21. The Labute approximate surface area is 159 Å². The van der Waals surface area contributed by atoms with E-state index in [1.807, 2.05) is 25.1 Å². The van der Waals surface area contributed by atoms with Crippen molar-refractivity contribution in [2.24, 2.45) is 4.99 Å². The van der Waals surface area contributed by atoms with E-state index in [0.717, 1.165) is 23.8 Å². The molecule has 2 rings (SSSR count). The molecule has 0 aliphatic heterocycles. The lowest BCUT2D eigenvalue weighted by atomic mass is 10.2. The van der Waals surface area contributed by atoms with Crippen LogP contribution in [0.2, 0.25) is 0 Å². The highest BCUT2D eigenvalue weighted by atomic mass is 127. The van der Waals surface area contributed by atoms with E-state index in [1.165, 1.54) is 4.88 Å². The number of ether oxygens (including phenoxy) is 1. The van der Waals surface area contributed by atoms with Crippen molar-refractivity contribution in [3.05, 3.63) is 52.2 Å². The van der Waals surface area contributed by atoms with Crippen LogP contribution in [0, 0.1) is 6.92 Å². The van der Waals surface area contributed by atoms with Gasteiger partial charge >= 0.3 is 0 Å². The molecule has 0 saturated heterocycles. The van der Waals surface area contributed by atoms with Crippen LogP contribution in [0.4, 0.5) is 0 Å². The first-order valence-electron chi connectivity index (χ1n) is 7.38. The number of hydrogen-bond donors (Lipinski definition) is 2. The molecule has 1 aromatic heterocycles. The second-order valence-corrected chi connectivity index (χ2v) is 6.11. The predicted molar refractivity (Wildman–Crippen MR) is 109 cm³/mol. The van der Waals surface area contributed by atoms with Gasteiger partial charge in [-0.2, -0.15) is 0 Å². The average molecular weight is 445 g/mol. The number of nitrogens with one attached hydrogen (secondary N) is 2. The van der Waals surface area contributed by atoms with Crippen LogP contribution in [0.3, 0.4) is 0 Å². The van der Waals surface area contributed by atoms with Crippen LogP contribution in [-0.2, 0) is 6.54 Å². The van der Waals surface area contributed by atoms with E-state index in [4.69, 9.17) is 4.74 Å². The van der Waals surface area contributed by atoms with E-state index in [2.05, 4.69) is 46.1 Å². The summed E-state index contributed by atoms with van der Waals surface area (Å²) in [5.41, 5.74) is 1.15. The van der Waals surface area contributed by atoms with Crippen LogP contribution in [-0.4, -0.2) is 25.7 Å². The minimum absolute atomic E-state index is 0. The number of aryl methyl sites for hydroxylation is 1. The number of guanidine groups is 1. The van der Waals surface area contributed by atoms with Crippen LogP contribution in [0.25, 0.3) is 0 Å². The number of nitrogens with zero attached hydrogens (tertiary/aromatic N) is 1. The fourth-order valence-corrected chi connectivity index (χ4v) is 2.64. The first-order chi connectivity index (χ1) is 10.7. The van der Waals surface area contributed by atoms with Crippen LogP contribution >= 0.6 is 35.3 Å². The largest absolute Gasteiger partial charge is 0.489 e. The molecule has 0 aliphatic rings. The van der Waals surface area contributed by atoms with E-state index in [9.17, 15) is 0 Å². The zero-order valence-corrected chi connectivity index (χ0v) is 16.9.